The van der Waals surface area contributed by atoms with Crippen LogP contribution in [-0.2, 0) is 11.2 Å². The molecule has 0 radical (unpaired) electrons. The predicted octanol–water partition coefficient (Wildman–Crippen LogP) is 7.40. The van der Waals surface area contributed by atoms with Gasteiger partial charge in [-0.2, -0.15) is 13.2 Å². The van der Waals surface area contributed by atoms with Crippen molar-refractivity contribution in [3.8, 4) is 0 Å². The fourth-order valence-electron chi connectivity index (χ4n) is 4.85. The fraction of sp³-hybridized carbons (Fsp3) is 0.731. The molecule has 1 aliphatic rings. The molecule has 0 bridgehead atoms. The van der Waals surface area contributed by atoms with Gasteiger partial charge in [-0.05, 0) is 67.5 Å². The van der Waals surface area contributed by atoms with Crippen LogP contribution in [0.3, 0.4) is 0 Å². The van der Waals surface area contributed by atoms with Gasteiger partial charge in [0.25, 0.3) is 0 Å². The molecule has 0 unspecified atom stereocenters. The van der Waals surface area contributed by atoms with E-state index in [-0.39, 0.29) is 36.3 Å². The zero-order valence-electron chi connectivity index (χ0n) is 20.0. The first-order valence-electron chi connectivity index (χ1n) is 12.0. The van der Waals surface area contributed by atoms with Gasteiger partial charge in [-0.15, -0.1) is 0 Å². The average Bonchev–Trinajstić information content (AvgIpc) is 2.67. The van der Waals surface area contributed by atoms with Gasteiger partial charge in [-0.1, -0.05) is 58.4 Å². The van der Waals surface area contributed by atoms with Crippen LogP contribution in [0.1, 0.15) is 96.2 Å². The van der Waals surface area contributed by atoms with Crippen LogP contribution in [0.25, 0.3) is 0 Å². The van der Waals surface area contributed by atoms with Gasteiger partial charge in [0, 0.05) is 24.9 Å². The summed E-state index contributed by atoms with van der Waals surface area (Å²) in [5.41, 5.74) is 2.39. The van der Waals surface area contributed by atoms with Gasteiger partial charge in [0.05, 0.1) is 0 Å². The lowest BCUT2D eigenvalue weighted by atomic mass is 9.81. The standard InChI is InChI=1S/C26H40F3NO2/c1-5-6-19-7-9-21(10-8-19)23-17-20(18-24(31)32)13-16-30(23)22(11-14-25(2,3)4)12-15-26(27,28)29/h7-10,20,22-23H,5-6,11-18H2,1-4H3,(H,31,32)/t20-,22-,23+/m1/s1. The molecule has 0 saturated carbocycles. The van der Waals surface area contributed by atoms with Gasteiger partial charge >= 0.3 is 12.1 Å². The number of carbonyl (C=O) groups is 1. The molecule has 182 valence electrons. The number of aryl methyl sites for hydroxylation is 1. The summed E-state index contributed by atoms with van der Waals surface area (Å²) in [5, 5.41) is 9.30. The smallest absolute Gasteiger partial charge is 0.389 e. The van der Waals surface area contributed by atoms with Crippen LogP contribution < -0.4 is 0 Å². The summed E-state index contributed by atoms with van der Waals surface area (Å²) < 4.78 is 39.3. The molecule has 3 nitrogen and oxygen atoms in total. The van der Waals surface area contributed by atoms with Gasteiger partial charge in [0.2, 0.25) is 0 Å². The van der Waals surface area contributed by atoms with Crippen molar-refractivity contribution in [2.45, 2.75) is 104 Å². The van der Waals surface area contributed by atoms with Gasteiger partial charge in [-0.25, -0.2) is 0 Å². The number of benzene rings is 1. The number of carboxylic acid groups (broad SMARTS) is 1. The molecule has 2 rings (SSSR count). The Balaban J connectivity index is 2.30. The van der Waals surface area contributed by atoms with E-state index in [1.807, 2.05) is 0 Å². The molecule has 1 aromatic rings. The third-order valence-electron chi connectivity index (χ3n) is 6.58. The fourth-order valence-corrected chi connectivity index (χ4v) is 4.85. The van der Waals surface area contributed by atoms with E-state index in [9.17, 15) is 23.1 Å². The minimum atomic E-state index is -4.17. The summed E-state index contributed by atoms with van der Waals surface area (Å²) in [7, 11) is 0. The molecular formula is C26H40F3NO2. The van der Waals surface area contributed by atoms with Crippen LogP contribution in [-0.4, -0.2) is 34.7 Å². The highest BCUT2D eigenvalue weighted by atomic mass is 19.4. The van der Waals surface area contributed by atoms with Crippen molar-refractivity contribution in [3.63, 3.8) is 0 Å². The Bertz CT molecular complexity index is 691. The number of nitrogens with zero attached hydrogens (tertiary/aromatic N) is 1. The van der Waals surface area contributed by atoms with E-state index < -0.39 is 18.6 Å². The third kappa shape index (κ3) is 9.13. The Morgan fingerprint density at radius 1 is 1.12 bits per heavy atom. The monoisotopic (exact) mass is 455 g/mol. The highest BCUT2D eigenvalue weighted by Gasteiger charge is 2.37. The summed E-state index contributed by atoms with van der Waals surface area (Å²) >= 11 is 0. The summed E-state index contributed by atoms with van der Waals surface area (Å²) in [6.07, 6.45) is 0.281. The lowest BCUT2D eigenvalue weighted by molar-refractivity contribution is -0.141. The highest BCUT2D eigenvalue weighted by molar-refractivity contribution is 5.67. The first kappa shape index (κ1) is 26.7. The molecule has 1 saturated heterocycles. The minimum Gasteiger partial charge on any atom is -0.481 e. The van der Waals surface area contributed by atoms with Crippen molar-refractivity contribution in [1.82, 2.24) is 4.90 Å². The molecule has 0 aliphatic carbocycles. The van der Waals surface area contributed by atoms with Crippen molar-refractivity contribution in [1.29, 1.82) is 0 Å². The molecular weight excluding hydrogens is 415 g/mol. The van der Waals surface area contributed by atoms with Crippen molar-refractivity contribution in [3.05, 3.63) is 35.4 Å². The SMILES string of the molecule is CCCc1ccc([C@@H]2C[C@H](CC(=O)O)CCN2[C@H](CCC(C)(C)C)CCC(F)(F)F)cc1. The molecule has 1 aliphatic heterocycles. The largest absolute Gasteiger partial charge is 0.481 e. The quantitative estimate of drug-likeness (QED) is 0.399. The number of aliphatic carboxylic acids is 1. The van der Waals surface area contributed by atoms with Crippen LogP contribution in [0, 0.1) is 11.3 Å². The first-order chi connectivity index (χ1) is 14.9. The number of carboxylic acids is 1. The average molecular weight is 456 g/mol. The summed E-state index contributed by atoms with van der Waals surface area (Å²) in [5.74, 6) is -0.753. The predicted molar refractivity (Wildman–Crippen MR) is 123 cm³/mol. The van der Waals surface area contributed by atoms with Crippen molar-refractivity contribution in [2.24, 2.45) is 11.3 Å². The number of hydrogen-bond acceptors (Lipinski definition) is 2. The van der Waals surface area contributed by atoms with E-state index in [2.05, 4.69) is 56.9 Å². The van der Waals surface area contributed by atoms with E-state index in [1.54, 1.807) is 0 Å². The van der Waals surface area contributed by atoms with E-state index >= 15 is 0 Å². The van der Waals surface area contributed by atoms with Gasteiger partial charge in [0.1, 0.15) is 0 Å². The van der Waals surface area contributed by atoms with Crippen LogP contribution >= 0.6 is 0 Å². The summed E-state index contributed by atoms with van der Waals surface area (Å²) in [4.78, 5) is 13.6. The highest BCUT2D eigenvalue weighted by Crippen LogP contribution is 2.40. The molecule has 0 spiro atoms. The Morgan fingerprint density at radius 3 is 2.28 bits per heavy atom. The molecule has 1 heterocycles. The molecule has 0 aromatic heterocycles. The molecule has 1 fully saturated rings. The second-order valence-corrected chi connectivity index (χ2v) is 10.6. The Labute approximate surface area is 191 Å². The molecule has 6 heteroatoms. The third-order valence-corrected chi connectivity index (χ3v) is 6.58. The number of likely N-dealkylation sites (tertiary alicyclic amines) is 1. The molecule has 1 aromatic carbocycles. The summed E-state index contributed by atoms with van der Waals surface area (Å²) in [6.45, 7) is 9.14. The first-order valence-corrected chi connectivity index (χ1v) is 12.0. The van der Waals surface area contributed by atoms with Crippen molar-refractivity contribution >= 4 is 5.97 Å². The second-order valence-electron chi connectivity index (χ2n) is 10.6. The second kappa shape index (κ2) is 11.5. The van der Waals surface area contributed by atoms with Gasteiger partial charge in [-0.3, -0.25) is 9.69 Å². The zero-order valence-corrected chi connectivity index (χ0v) is 20.0. The topological polar surface area (TPSA) is 40.5 Å². The molecule has 1 N–H and O–H groups in total. The Hall–Kier alpha value is -1.56. The Kier molecular flexibility index (Phi) is 9.62. The van der Waals surface area contributed by atoms with Crippen molar-refractivity contribution in [2.75, 3.05) is 6.54 Å². The number of piperidine rings is 1. The van der Waals surface area contributed by atoms with E-state index in [0.717, 1.165) is 31.2 Å². The lowest BCUT2D eigenvalue weighted by Gasteiger charge is -2.45. The van der Waals surface area contributed by atoms with E-state index in [4.69, 9.17) is 0 Å². The Morgan fingerprint density at radius 2 is 1.75 bits per heavy atom. The zero-order chi connectivity index (χ0) is 23.9. The van der Waals surface area contributed by atoms with Crippen LogP contribution in [0.5, 0.6) is 0 Å². The maximum absolute atomic E-state index is 13.1. The van der Waals surface area contributed by atoms with Gasteiger partial charge < -0.3 is 5.11 Å². The lowest BCUT2D eigenvalue weighted by Crippen LogP contribution is -2.44. The minimum absolute atomic E-state index is 0.0398. The van der Waals surface area contributed by atoms with E-state index in [0.29, 0.717) is 19.4 Å². The summed E-state index contributed by atoms with van der Waals surface area (Å²) in [6, 6.07) is 8.20. The van der Waals surface area contributed by atoms with Gasteiger partial charge in [0.15, 0.2) is 0 Å². The number of rotatable bonds is 10. The maximum Gasteiger partial charge on any atom is 0.389 e. The van der Waals surface area contributed by atoms with Crippen LogP contribution in [0.15, 0.2) is 24.3 Å². The van der Waals surface area contributed by atoms with E-state index in [1.165, 1.54) is 5.56 Å². The number of alkyl halides is 3. The maximum atomic E-state index is 13.1. The molecule has 32 heavy (non-hydrogen) atoms. The van der Waals surface area contributed by atoms with Crippen LogP contribution in [0.2, 0.25) is 0 Å². The van der Waals surface area contributed by atoms with Crippen LogP contribution in [0.4, 0.5) is 13.2 Å². The number of hydrogen-bond donors (Lipinski definition) is 1. The number of halogens is 3. The molecule has 3 atom stereocenters. The normalized spacial score (nSPS) is 21.5. The molecule has 0 amide bonds. The van der Waals surface area contributed by atoms with Crippen molar-refractivity contribution < 1.29 is 23.1 Å².